The lowest BCUT2D eigenvalue weighted by Gasteiger charge is -2.40. The summed E-state index contributed by atoms with van der Waals surface area (Å²) in [6.45, 7) is 28.2. The smallest absolute Gasteiger partial charge is 0.412 e. The fourth-order valence-electron chi connectivity index (χ4n) is 5.24. The SMILES string of the molecule is COC1=N[C@H](C(C)(C)C)N(C(=O)OC(C)(C)C)[C@H]1C(CC(=O)Oc1c(C(C)(C)C)cc(OC)cc1C(C)(C)C)C(C)C. The molecule has 0 saturated heterocycles. The van der Waals surface area contributed by atoms with Gasteiger partial charge in [-0.1, -0.05) is 76.2 Å². The maximum absolute atomic E-state index is 13.9. The second-order valence-corrected chi connectivity index (χ2v) is 15.9. The van der Waals surface area contributed by atoms with Crippen molar-refractivity contribution < 1.29 is 28.5 Å². The number of ether oxygens (including phenoxy) is 4. The zero-order chi connectivity index (χ0) is 32.6. The molecule has 0 aromatic heterocycles. The predicted molar refractivity (Wildman–Crippen MR) is 169 cm³/mol. The predicted octanol–water partition coefficient (Wildman–Crippen LogP) is 7.89. The summed E-state index contributed by atoms with van der Waals surface area (Å²) in [5, 5.41) is 0. The van der Waals surface area contributed by atoms with Crippen molar-refractivity contribution in [1.29, 1.82) is 0 Å². The van der Waals surface area contributed by atoms with Gasteiger partial charge in [-0.05, 0) is 49.7 Å². The maximum Gasteiger partial charge on any atom is 0.412 e. The van der Waals surface area contributed by atoms with E-state index in [1.807, 2.05) is 67.5 Å². The van der Waals surface area contributed by atoms with Crippen molar-refractivity contribution in [2.45, 2.75) is 132 Å². The molecule has 238 valence electrons. The summed E-state index contributed by atoms with van der Waals surface area (Å²) >= 11 is 0. The molecule has 1 aromatic carbocycles. The fraction of sp³-hybridized carbons (Fsp3) is 0.735. The molecule has 1 aliphatic heterocycles. The quantitative estimate of drug-likeness (QED) is 0.248. The maximum atomic E-state index is 13.9. The van der Waals surface area contributed by atoms with Crippen molar-refractivity contribution >= 4 is 18.0 Å². The highest BCUT2D eigenvalue weighted by Crippen LogP contribution is 2.44. The first-order valence-corrected chi connectivity index (χ1v) is 15.0. The number of carbonyl (C=O) groups excluding carboxylic acids is 2. The number of amides is 1. The van der Waals surface area contributed by atoms with Crippen molar-refractivity contribution in [3.63, 3.8) is 0 Å². The fourth-order valence-corrected chi connectivity index (χ4v) is 5.24. The Labute approximate surface area is 254 Å². The van der Waals surface area contributed by atoms with E-state index in [1.165, 1.54) is 0 Å². The van der Waals surface area contributed by atoms with E-state index in [0.717, 1.165) is 16.9 Å². The van der Waals surface area contributed by atoms with Gasteiger partial charge in [-0.2, -0.15) is 0 Å². The van der Waals surface area contributed by atoms with E-state index in [1.54, 1.807) is 19.1 Å². The first-order chi connectivity index (χ1) is 18.9. The van der Waals surface area contributed by atoms with Crippen molar-refractivity contribution in [3.05, 3.63) is 23.3 Å². The van der Waals surface area contributed by atoms with E-state index >= 15 is 0 Å². The second kappa shape index (κ2) is 12.5. The van der Waals surface area contributed by atoms with E-state index in [-0.39, 0.29) is 35.1 Å². The minimum absolute atomic E-state index is 0.00778. The Morgan fingerprint density at radius 2 is 1.36 bits per heavy atom. The summed E-state index contributed by atoms with van der Waals surface area (Å²) in [7, 11) is 3.20. The van der Waals surface area contributed by atoms with Crippen molar-refractivity contribution in [2.75, 3.05) is 14.2 Å². The molecule has 0 spiro atoms. The number of hydrogen-bond donors (Lipinski definition) is 0. The molecule has 0 aliphatic carbocycles. The normalized spacial score (nSPS) is 19.0. The Balaban J connectivity index is 2.60. The van der Waals surface area contributed by atoms with E-state index in [2.05, 4.69) is 41.5 Å². The van der Waals surface area contributed by atoms with Crippen LogP contribution in [0.25, 0.3) is 0 Å². The largest absolute Gasteiger partial charge is 0.497 e. The number of carbonyl (C=O) groups is 2. The molecule has 8 heteroatoms. The van der Waals surface area contributed by atoms with Crippen LogP contribution in [0.2, 0.25) is 0 Å². The molecule has 1 heterocycles. The van der Waals surface area contributed by atoms with Crippen molar-refractivity contribution in [3.8, 4) is 11.5 Å². The molecule has 0 saturated carbocycles. The van der Waals surface area contributed by atoms with Gasteiger partial charge in [-0.25, -0.2) is 9.79 Å². The van der Waals surface area contributed by atoms with Gasteiger partial charge in [-0.15, -0.1) is 0 Å². The topological polar surface area (TPSA) is 86.7 Å². The zero-order valence-corrected chi connectivity index (χ0v) is 29.0. The molecule has 0 N–H and O–H groups in total. The Morgan fingerprint density at radius 3 is 1.71 bits per heavy atom. The van der Waals surface area contributed by atoms with Gasteiger partial charge in [0.2, 0.25) is 5.90 Å². The van der Waals surface area contributed by atoms with Gasteiger partial charge in [0.1, 0.15) is 29.3 Å². The van der Waals surface area contributed by atoms with Crippen LogP contribution in [0, 0.1) is 17.3 Å². The highest BCUT2D eigenvalue weighted by Gasteiger charge is 2.51. The number of hydrogen-bond acceptors (Lipinski definition) is 7. The highest BCUT2D eigenvalue weighted by atomic mass is 16.6. The van der Waals surface area contributed by atoms with Gasteiger partial charge in [-0.3, -0.25) is 9.69 Å². The number of methoxy groups -OCH3 is 2. The van der Waals surface area contributed by atoms with Crippen LogP contribution < -0.4 is 9.47 Å². The van der Waals surface area contributed by atoms with Crippen LogP contribution in [0.4, 0.5) is 4.79 Å². The molecular weight excluding hydrogens is 532 g/mol. The summed E-state index contributed by atoms with van der Waals surface area (Å²) in [6, 6.07) is 3.30. The Morgan fingerprint density at radius 1 is 0.857 bits per heavy atom. The van der Waals surface area contributed by atoms with E-state index in [9.17, 15) is 9.59 Å². The average Bonchev–Trinajstić information content (AvgIpc) is 3.20. The first kappa shape index (κ1) is 35.4. The average molecular weight is 589 g/mol. The number of rotatable bonds is 6. The monoisotopic (exact) mass is 588 g/mol. The van der Waals surface area contributed by atoms with Gasteiger partial charge >= 0.3 is 12.1 Å². The standard InChI is InChI=1S/C34H56N2O6/c1-20(2)22(26-28(40-16)35-29(33(9,10)11)36(26)30(38)42-34(12,13)14)19-25(37)41-27-23(31(3,4)5)17-21(39-15)18-24(27)32(6,7)8/h17-18,20,22,26,29H,19H2,1-16H3/t22?,26-,29-/m0/s1. The third-order valence-electron chi connectivity index (χ3n) is 7.45. The van der Waals surface area contributed by atoms with Gasteiger partial charge in [0, 0.05) is 22.5 Å². The molecule has 8 nitrogen and oxygen atoms in total. The van der Waals surface area contributed by atoms with Crippen LogP contribution in [0.3, 0.4) is 0 Å². The lowest BCUT2D eigenvalue weighted by atomic mass is 9.79. The van der Waals surface area contributed by atoms with Crippen LogP contribution in [0.5, 0.6) is 11.5 Å². The first-order valence-electron chi connectivity index (χ1n) is 15.0. The van der Waals surface area contributed by atoms with Crippen LogP contribution >= 0.6 is 0 Å². The third-order valence-corrected chi connectivity index (χ3v) is 7.45. The molecule has 1 amide bonds. The highest BCUT2D eigenvalue weighted by molar-refractivity contribution is 5.90. The van der Waals surface area contributed by atoms with Crippen LogP contribution in [-0.2, 0) is 25.1 Å². The molecular formula is C34H56N2O6. The number of benzene rings is 1. The van der Waals surface area contributed by atoms with Gasteiger partial charge < -0.3 is 18.9 Å². The Bertz CT molecular complexity index is 1120. The second-order valence-electron chi connectivity index (χ2n) is 15.9. The molecule has 2 rings (SSSR count). The molecule has 1 aliphatic rings. The minimum Gasteiger partial charge on any atom is -0.497 e. The summed E-state index contributed by atoms with van der Waals surface area (Å²) in [4.78, 5) is 34.1. The number of nitrogens with zero attached hydrogens (tertiary/aromatic N) is 2. The lowest BCUT2D eigenvalue weighted by Crippen LogP contribution is -2.54. The summed E-state index contributed by atoms with van der Waals surface area (Å²) in [5.74, 6) is 0.970. The lowest BCUT2D eigenvalue weighted by molar-refractivity contribution is -0.136. The summed E-state index contributed by atoms with van der Waals surface area (Å²) in [5.41, 5.74) is 0.0675. The third kappa shape index (κ3) is 8.41. The van der Waals surface area contributed by atoms with Crippen molar-refractivity contribution in [2.24, 2.45) is 22.2 Å². The van der Waals surface area contributed by atoms with Crippen LogP contribution in [-0.4, -0.2) is 54.9 Å². The van der Waals surface area contributed by atoms with Gasteiger partial charge in [0.15, 0.2) is 0 Å². The van der Waals surface area contributed by atoms with Crippen molar-refractivity contribution in [1.82, 2.24) is 4.90 Å². The Hall–Kier alpha value is -2.77. The molecule has 3 atom stereocenters. The zero-order valence-electron chi connectivity index (χ0n) is 29.0. The van der Waals surface area contributed by atoms with E-state index < -0.39 is 29.3 Å². The molecule has 0 fully saturated rings. The summed E-state index contributed by atoms with van der Waals surface area (Å²) in [6.07, 6.45) is -0.950. The number of esters is 1. The Kier molecular flexibility index (Phi) is 10.5. The van der Waals surface area contributed by atoms with Gasteiger partial charge in [0.05, 0.1) is 20.6 Å². The van der Waals surface area contributed by atoms with E-state index in [4.69, 9.17) is 23.9 Å². The minimum atomic E-state index is -0.701. The molecule has 1 aromatic rings. The molecule has 0 radical (unpaired) electrons. The van der Waals surface area contributed by atoms with E-state index in [0.29, 0.717) is 11.6 Å². The molecule has 1 unspecified atom stereocenters. The molecule has 42 heavy (non-hydrogen) atoms. The van der Waals surface area contributed by atoms with Crippen LogP contribution in [0.15, 0.2) is 17.1 Å². The van der Waals surface area contributed by atoms with Gasteiger partial charge in [0.25, 0.3) is 0 Å². The summed E-state index contributed by atoms with van der Waals surface area (Å²) < 4.78 is 23.6. The number of aliphatic imine (C=N–C) groups is 1. The van der Waals surface area contributed by atoms with Crippen LogP contribution in [0.1, 0.15) is 114 Å². The molecule has 0 bridgehead atoms.